The largest absolute Gasteiger partial charge is 2.00 e. The van der Waals surface area contributed by atoms with Crippen molar-refractivity contribution in [3.8, 4) is 28.7 Å². The van der Waals surface area contributed by atoms with E-state index in [9.17, 15) is 13.2 Å². The molecular weight excluding hydrogens is 684 g/mol. The van der Waals surface area contributed by atoms with Crippen LogP contribution in [0.5, 0.6) is 11.6 Å². The number of pyridine rings is 1. The fourth-order valence-corrected chi connectivity index (χ4v) is 4.41. The number of aromatic nitrogens is 4. The molecule has 6 rings (SSSR count). The molecule has 3 heterocycles. The van der Waals surface area contributed by atoms with Crippen LogP contribution in [-0.2, 0) is 27.2 Å². The molecule has 0 aliphatic heterocycles. The maximum atomic E-state index is 14.4. The molecule has 39 heavy (non-hydrogen) atoms. The van der Waals surface area contributed by atoms with Crippen molar-refractivity contribution in [3.05, 3.63) is 108 Å². The smallest absolute Gasteiger partial charge is 0.460 e. The van der Waals surface area contributed by atoms with E-state index in [-0.39, 0.29) is 37.9 Å². The van der Waals surface area contributed by atoms with E-state index < -0.39 is 11.7 Å². The molecule has 3 aromatic heterocycles. The number of fused-ring (bicyclic) bond motifs is 3. The number of hydrogen-bond donors (Lipinski definition) is 0. The van der Waals surface area contributed by atoms with Gasteiger partial charge in [-0.1, -0.05) is 29.1 Å². The van der Waals surface area contributed by atoms with E-state index in [4.69, 9.17) is 4.74 Å². The van der Waals surface area contributed by atoms with Crippen LogP contribution < -0.4 is 4.74 Å². The molecule has 5 nitrogen and oxygen atoms in total. The van der Waals surface area contributed by atoms with Crippen LogP contribution in [0.3, 0.4) is 0 Å². The van der Waals surface area contributed by atoms with Gasteiger partial charge in [-0.25, -0.2) is 26.1 Å². The van der Waals surface area contributed by atoms with Crippen LogP contribution in [0.2, 0.25) is 0 Å². The van der Waals surface area contributed by atoms with Gasteiger partial charge in [-0.05, 0) is 48.0 Å². The van der Waals surface area contributed by atoms with Gasteiger partial charge in [0.25, 0.3) is 0 Å². The second-order valence-electron chi connectivity index (χ2n) is 8.93. The Kier molecular flexibility index (Phi) is 6.99. The van der Waals surface area contributed by atoms with Crippen LogP contribution >= 0.6 is 0 Å². The second-order valence-corrected chi connectivity index (χ2v) is 8.93. The van der Waals surface area contributed by atoms with Crippen LogP contribution in [0.15, 0.2) is 79.3 Å². The monoisotopic (exact) mass is 703 g/mol. The van der Waals surface area contributed by atoms with Crippen molar-refractivity contribution in [1.29, 1.82) is 0 Å². The van der Waals surface area contributed by atoms with Gasteiger partial charge in [0.15, 0.2) is 0 Å². The quantitative estimate of drug-likeness (QED) is 0.177. The molecule has 0 spiro atoms. The Morgan fingerprint density at radius 3 is 2.33 bits per heavy atom. The molecular formula is C30H19F3N4OPt. The molecule has 0 radical (unpaired) electrons. The molecule has 0 N–H and O–H groups in total. The molecule has 0 fully saturated rings. The van der Waals surface area contributed by atoms with Gasteiger partial charge in [0, 0.05) is 35.9 Å². The molecule has 0 bridgehead atoms. The number of ether oxygens (including phenoxy) is 1. The van der Waals surface area contributed by atoms with E-state index >= 15 is 0 Å². The SMILES string of the molecule is Cc1cnc(-n2c3[c-]c(-c4[c-]c(Oc5cc(C)ccn5)ccc4)c(C(F)(F)F)cc3c3ccccc32)nc1.[Pt+2]. The molecule has 9 heteroatoms. The van der Waals surface area contributed by atoms with Crippen LogP contribution in [-0.4, -0.2) is 19.5 Å². The topological polar surface area (TPSA) is 52.8 Å². The maximum absolute atomic E-state index is 14.4. The Hall–Kier alpha value is -4.03. The van der Waals surface area contributed by atoms with Crippen molar-refractivity contribution in [2.45, 2.75) is 20.0 Å². The number of alkyl halides is 3. The van der Waals surface area contributed by atoms with Gasteiger partial charge in [0.05, 0.1) is 0 Å². The summed E-state index contributed by atoms with van der Waals surface area (Å²) in [5, 5.41) is 1.05. The van der Waals surface area contributed by atoms with E-state index in [2.05, 4.69) is 27.1 Å². The van der Waals surface area contributed by atoms with Gasteiger partial charge < -0.3 is 4.74 Å². The number of halogens is 3. The Morgan fingerprint density at radius 2 is 1.59 bits per heavy atom. The molecule has 0 aliphatic carbocycles. The zero-order valence-corrected chi connectivity index (χ0v) is 22.9. The summed E-state index contributed by atoms with van der Waals surface area (Å²) in [5.41, 5.74) is 2.13. The molecule has 0 saturated carbocycles. The van der Waals surface area contributed by atoms with E-state index in [1.807, 2.05) is 32.0 Å². The molecule has 0 amide bonds. The van der Waals surface area contributed by atoms with Gasteiger partial charge in [0.1, 0.15) is 0 Å². The number of para-hydroxylation sites is 1. The fraction of sp³-hybridized carbons (Fsp3) is 0.100. The Labute approximate surface area is 236 Å². The first kappa shape index (κ1) is 26.6. The molecule has 0 atom stereocenters. The Bertz CT molecular complexity index is 1810. The summed E-state index contributed by atoms with van der Waals surface area (Å²) in [6, 6.07) is 22.8. The van der Waals surface area contributed by atoms with Crippen molar-refractivity contribution in [2.75, 3.05) is 0 Å². The zero-order valence-electron chi connectivity index (χ0n) is 20.7. The van der Waals surface area contributed by atoms with Crippen molar-refractivity contribution < 1.29 is 39.0 Å². The Balaban J connectivity index is 0.00000308. The second kappa shape index (κ2) is 10.3. The molecule has 196 valence electrons. The first-order chi connectivity index (χ1) is 18.3. The molecule has 6 aromatic rings. The van der Waals surface area contributed by atoms with Crippen molar-refractivity contribution >= 4 is 21.8 Å². The minimum absolute atomic E-state index is 0. The summed E-state index contributed by atoms with van der Waals surface area (Å²) < 4.78 is 50.8. The third-order valence-electron chi connectivity index (χ3n) is 6.13. The van der Waals surface area contributed by atoms with E-state index in [1.165, 1.54) is 0 Å². The van der Waals surface area contributed by atoms with Crippen LogP contribution in [0.4, 0.5) is 13.2 Å². The van der Waals surface area contributed by atoms with Crippen molar-refractivity contribution in [1.82, 2.24) is 19.5 Å². The predicted octanol–water partition coefficient (Wildman–Crippen LogP) is 7.66. The van der Waals surface area contributed by atoms with Gasteiger partial charge >= 0.3 is 27.2 Å². The minimum Gasteiger partial charge on any atom is -0.460 e. The van der Waals surface area contributed by atoms with Gasteiger partial charge in [-0.3, -0.25) is 4.57 Å². The van der Waals surface area contributed by atoms with Crippen LogP contribution in [0.1, 0.15) is 16.7 Å². The van der Waals surface area contributed by atoms with Gasteiger partial charge in [-0.15, -0.1) is 18.2 Å². The van der Waals surface area contributed by atoms with Gasteiger partial charge in [-0.2, -0.15) is 31.4 Å². The molecule has 3 aromatic carbocycles. The molecule has 0 aliphatic rings. The minimum atomic E-state index is -4.63. The maximum Gasteiger partial charge on any atom is 2.00 e. The average molecular weight is 704 g/mol. The summed E-state index contributed by atoms with van der Waals surface area (Å²) in [5.74, 6) is 0.908. The van der Waals surface area contributed by atoms with Crippen LogP contribution in [0.25, 0.3) is 38.9 Å². The number of nitrogens with zero attached hydrogens (tertiary/aromatic N) is 4. The summed E-state index contributed by atoms with van der Waals surface area (Å²) >= 11 is 0. The van der Waals surface area contributed by atoms with Gasteiger partial charge in [0.2, 0.25) is 11.8 Å². The number of aryl methyl sites for hydroxylation is 2. The predicted molar refractivity (Wildman–Crippen MR) is 138 cm³/mol. The third kappa shape index (κ3) is 5.04. The zero-order chi connectivity index (χ0) is 26.4. The van der Waals surface area contributed by atoms with E-state index in [0.717, 1.165) is 17.2 Å². The third-order valence-corrected chi connectivity index (χ3v) is 6.13. The normalized spacial score (nSPS) is 11.5. The summed E-state index contributed by atoms with van der Waals surface area (Å²) in [4.78, 5) is 13.0. The first-order valence-electron chi connectivity index (χ1n) is 11.8. The first-order valence-corrected chi connectivity index (χ1v) is 11.8. The fourth-order valence-electron chi connectivity index (χ4n) is 4.41. The van der Waals surface area contributed by atoms with Crippen LogP contribution in [0, 0.1) is 26.0 Å². The molecule has 0 unspecified atom stereocenters. The number of benzene rings is 3. The number of rotatable bonds is 4. The Morgan fingerprint density at radius 1 is 0.821 bits per heavy atom. The van der Waals surface area contributed by atoms with Crippen molar-refractivity contribution in [2.24, 2.45) is 0 Å². The number of hydrogen-bond acceptors (Lipinski definition) is 4. The van der Waals surface area contributed by atoms with Crippen molar-refractivity contribution in [3.63, 3.8) is 0 Å². The standard InChI is InChI=1S/C30H19F3N4O.Pt/c1-18-10-11-34-28(12-18)38-21-7-5-6-20(13-21)23-15-27-24(14-25(23)30(31,32)33)22-8-3-4-9-26(22)37(27)29-35-16-19(2)17-36-29;/h3-12,14,16-17H,1-2H3;/q-2;+2. The summed E-state index contributed by atoms with van der Waals surface area (Å²) in [7, 11) is 0. The summed E-state index contributed by atoms with van der Waals surface area (Å²) in [6.07, 6.45) is 0.306. The molecule has 0 saturated heterocycles. The van der Waals surface area contributed by atoms with E-state index in [0.29, 0.717) is 33.6 Å². The summed E-state index contributed by atoms with van der Waals surface area (Å²) in [6.45, 7) is 3.76. The average Bonchev–Trinajstić information content (AvgIpc) is 3.22. The van der Waals surface area contributed by atoms with E-state index in [1.54, 1.807) is 59.6 Å².